The number of benzene rings is 1. The molecule has 0 aromatic heterocycles. The minimum absolute atomic E-state index is 0.105. The second kappa shape index (κ2) is 6.40. The lowest BCUT2D eigenvalue weighted by Gasteiger charge is -2.07. The number of carboxylic acid groups (broad SMARTS) is 1. The molecule has 0 spiro atoms. The molecule has 0 fully saturated rings. The Morgan fingerprint density at radius 1 is 1.50 bits per heavy atom. The summed E-state index contributed by atoms with van der Waals surface area (Å²) in [5.74, 6) is 0.273. The summed E-state index contributed by atoms with van der Waals surface area (Å²) in [5, 5.41) is 21.3. The van der Waals surface area contributed by atoms with Gasteiger partial charge in [-0.3, -0.25) is 15.4 Å². The largest absolute Gasteiger partial charge is 0.491 e. The first-order valence-corrected chi connectivity index (χ1v) is 4.94. The highest BCUT2D eigenvalue weighted by atomic mass is 16.6. The van der Waals surface area contributed by atoms with Crippen molar-refractivity contribution in [2.45, 2.75) is 0 Å². The summed E-state index contributed by atoms with van der Waals surface area (Å²) < 4.78 is 9.96. The molecule has 18 heavy (non-hydrogen) atoms. The highest BCUT2D eigenvalue weighted by Gasteiger charge is 2.16. The molecule has 1 rings (SSSR count). The van der Waals surface area contributed by atoms with Crippen LogP contribution in [-0.2, 0) is 4.74 Å². The van der Waals surface area contributed by atoms with Crippen molar-refractivity contribution in [3.63, 3.8) is 0 Å². The second-order valence-corrected chi connectivity index (χ2v) is 3.21. The van der Waals surface area contributed by atoms with Gasteiger partial charge in [-0.2, -0.15) is 0 Å². The molecule has 1 aromatic rings. The molecule has 0 aliphatic heterocycles. The lowest BCUT2D eigenvalue weighted by molar-refractivity contribution is -0.384. The highest BCUT2D eigenvalue weighted by molar-refractivity contribution is 5.86. The topological polar surface area (TPSA) is 111 Å². The molecule has 0 bridgehead atoms. The minimum Gasteiger partial charge on any atom is -0.491 e. The van der Waals surface area contributed by atoms with Crippen LogP contribution < -0.4 is 10.1 Å². The molecule has 8 nitrogen and oxygen atoms in total. The maximum absolute atomic E-state index is 10.8. The fraction of sp³-hybridized carbons (Fsp3) is 0.300. The fourth-order valence-electron chi connectivity index (χ4n) is 1.22. The van der Waals surface area contributed by atoms with Crippen molar-refractivity contribution in [1.29, 1.82) is 0 Å². The monoisotopic (exact) mass is 256 g/mol. The number of anilines is 1. The van der Waals surface area contributed by atoms with E-state index in [1.165, 1.54) is 19.2 Å². The van der Waals surface area contributed by atoms with Crippen molar-refractivity contribution in [3.05, 3.63) is 28.3 Å². The Bertz CT molecular complexity index is 448. The van der Waals surface area contributed by atoms with E-state index in [1.807, 2.05) is 5.32 Å². The standard InChI is InChI=1S/C10H12N2O6/c1-17-4-5-18-7-2-3-8(11-10(13)14)9(6-7)12(15)16/h2-3,6,11H,4-5H2,1H3,(H,13,14). The van der Waals surface area contributed by atoms with E-state index in [4.69, 9.17) is 14.6 Å². The number of methoxy groups -OCH3 is 1. The Morgan fingerprint density at radius 2 is 2.22 bits per heavy atom. The summed E-state index contributed by atoms with van der Waals surface area (Å²) in [7, 11) is 1.51. The zero-order valence-electron chi connectivity index (χ0n) is 9.58. The Morgan fingerprint density at radius 3 is 2.78 bits per heavy atom. The van der Waals surface area contributed by atoms with Gasteiger partial charge in [-0.15, -0.1) is 0 Å². The molecule has 98 valence electrons. The molecule has 1 amide bonds. The van der Waals surface area contributed by atoms with Gasteiger partial charge in [0.05, 0.1) is 17.6 Å². The summed E-state index contributed by atoms with van der Waals surface area (Å²) in [5.41, 5.74) is -0.473. The molecule has 1 aromatic carbocycles. The van der Waals surface area contributed by atoms with Crippen molar-refractivity contribution in [2.75, 3.05) is 25.6 Å². The van der Waals surface area contributed by atoms with Crippen LogP contribution in [0.2, 0.25) is 0 Å². The van der Waals surface area contributed by atoms with Crippen LogP contribution in [0, 0.1) is 10.1 Å². The van der Waals surface area contributed by atoms with Crippen molar-refractivity contribution in [1.82, 2.24) is 0 Å². The van der Waals surface area contributed by atoms with Gasteiger partial charge in [-0.25, -0.2) is 4.79 Å². The maximum atomic E-state index is 10.8. The predicted octanol–water partition coefficient (Wildman–Crippen LogP) is 1.71. The van der Waals surface area contributed by atoms with Crippen LogP contribution in [0.1, 0.15) is 0 Å². The maximum Gasteiger partial charge on any atom is 0.409 e. The van der Waals surface area contributed by atoms with Crippen molar-refractivity contribution in [3.8, 4) is 5.75 Å². The quantitative estimate of drug-likeness (QED) is 0.455. The van der Waals surface area contributed by atoms with Crippen LogP contribution in [0.5, 0.6) is 5.75 Å². The van der Waals surface area contributed by atoms with E-state index in [2.05, 4.69) is 0 Å². The van der Waals surface area contributed by atoms with Gasteiger partial charge >= 0.3 is 6.09 Å². The zero-order chi connectivity index (χ0) is 13.5. The third-order valence-corrected chi connectivity index (χ3v) is 1.96. The van der Waals surface area contributed by atoms with E-state index in [0.29, 0.717) is 6.61 Å². The first-order valence-electron chi connectivity index (χ1n) is 4.94. The van der Waals surface area contributed by atoms with E-state index in [0.717, 1.165) is 6.07 Å². The zero-order valence-corrected chi connectivity index (χ0v) is 9.58. The summed E-state index contributed by atoms with van der Waals surface area (Å²) in [6.45, 7) is 0.599. The third-order valence-electron chi connectivity index (χ3n) is 1.96. The first kappa shape index (κ1) is 13.7. The molecule has 0 unspecified atom stereocenters. The predicted molar refractivity (Wildman–Crippen MR) is 62.1 cm³/mol. The average molecular weight is 256 g/mol. The molecule has 8 heteroatoms. The van der Waals surface area contributed by atoms with Crippen LogP contribution in [-0.4, -0.2) is 36.4 Å². The SMILES string of the molecule is COCCOc1ccc(NC(=O)O)c([N+](=O)[O-])c1. The van der Waals surface area contributed by atoms with E-state index in [1.54, 1.807) is 0 Å². The van der Waals surface area contributed by atoms with E-state index < -0.39 is 11.0 Å². The number of amides is 1. The van der Waals surface area contributed by atoms with Gasteiger partial charge in [0, 0.05) is 7.11 Å². The van der Waals surface area contributed by atoms with Crippen LogP contribution in [0.4, 0.5) is 16.2 Å². The molecule has 2 N–H and O–H groups in total. The number of rotatable bonds is 6. The van der Waals surface area contributed by atoms with Gasteiger partial charge in [-0.05, 0) is 12.1 Å². The number of nitrogens with zero attached hydrogens (tertiary/aromatic N) is 1. The summed E-state index contributed by atoms with van der Waals surface area (Å²) in [6.07, 6.45) is -1.37. The number of carbonyl (C=O) groups is 1. The van der Waals surface area contributed by atoms with Crippen molar-refractivity contribution >= 4 is 17.5 Å². The first-order chi connectivity index (χ1) is 8.54. The number of ether oxygens (including phenoxy) is 2. The third kappa shape index (κ3) is 3.91. The second-order valence-electron chi connectivity index (χ2n) is 3.21. The Balaban J connectivity index is 2.89. The molecule has 0 heterocycles. The molecule has 0 radical (unpaired) electrons. The number of hydrogen-bond donors (Lipinski definition) is 2. The number of nitro benzene ring substituents is 1. The fourth-order valence-corrected chi connectivity index (χ4v) is 1.22. The van der Waals surface area contributed by atoms with E-state index in [-0.39, 0.29) is 23.7 Å². The lowest BCUT2D eigenvalue weighted by atomic mass is 10.2. The van der Waals surface area contributed by atoms with Crippen LogP contribution >= 0.6 is 0 Å². The summed E-state index contributed by atoms with van der Waals surface area (Å²) in [6, 6.07) is 3.86. The van der Waals surface area contributed by atoms with Crippen LogP contribution in [0.15, 0.2) is 18.2 Å². The molecule has 0 saturated carbocycles. The lowest BCUT2D eigenvalue weighted by Crippen LogP contribution is -2.10. The van der Waals surface area contributed by atoms with Crippen molar-refractivity contribution in [2.24, 2.45) is 0 Å². The average Bonchev–Trinajstić information content (AvgIpc) is 2.30. The molecule has 0 aliphatic carbocycles. The number of hydrogen-bond acceptors (Lipinski definition) is 5. The molecule has 0 saturated heterocycles. The van der Waals surface area contributed by atoms with E-state index >= 15 is 0 Å². The smallest absolute Gasteiger partial charge is 0.409 e. The Kier molecular flexibility index (Phi) is 4.88. The van der Waals surface area contributed by atoms with Crippen molar-refractivity contribution < 1.29 is 24.3 Å². The molecule has 0 atom stereocenters. The summed E-state index contributed by atoms with van der Waals surface area (Å²) in [4.78, 5) is 20.5. The normalized spacial score (nSPS) is 9.83. The molecular formula is C10H12N2O6. The van der Waals surface area contributed by atoms with Crippen LogP contribution in [0.25, 0.3) is 0 Å². The van der Waals surface area contributed by atoms with Gasteiger partial charge in [0.15, 0.2) is 0 Å². The Labute approximate surface area is 102 Å². The molecular weight excluding hydrogens is 244 g/mol. The summed E-state index contributed by atoms with van der Waals surface area (Å²) >= 11 is 0. The minimum atomic E-state index is -1.37. The van der Waals surface area contributed by atoms with Gasteiger partial charge in [0.2, 0.25) is 0 Å². The van der Waals surface area contributed by atoms with Gasteiger partial charge in [0.25, 0.3) is 5.69 Å². The van der Waals surface area contributed by atoms with Crippen LogP contribution in [0.3, 0.4) is 0 Å². The van der Waals surface area contributed by atoms with Gasteiger partial charge in [-0.1, -0.05) is 0 Å². The van der Waals surface area contributed by atoms with Gasteiger partial charge in [0.1, 0.15) is 18.0 Å². The Hall–Kier alpha value is -2.35. The number of nitro groups is 1. The van der Waals surface area contributed by atoms with E-state index in [9.17, 15) is 14.9 Å². The highest BCUT2D eigenvalue weighted by Crippen LogP contribution is 2.28. The molecule has 0 aliphatic rings. The number of nitrogens with one attached hydrogen (secondary N) is 1. The van der Waals surface area contributed by atoms with Gasteiger partial charge < -0.3 is 14.6 Å².